The van der Waals surface area contributed by atoms with Gasteiger partial charge in [-0.1, -0.05) is 60.2 Å². The molecule has 2 heterocycles. The lowest BCUT2D eigenvalue weighted by Crippen LogP contribution is -2.50. The van der Waals surface area contributed by atoms with E-state index in [0.29, 0.717) is 18.8 Å². The van der Waals surface area contributed by atoms with Gasteiger partial charge in [-0.05, 0) is 37.1 Å². The van der Waals surface area contributed by atoms with E-state index in [1.165, 1.54) is 16.3 Å². The second-order valence-corrected chi connectivity index (χ2v) is 8.53. The van der Waals surface area contributed by atoms with E-state index < -0.39 is 0 Å². The molecule has 0 radical (unpaired) electrons. The third-order valence-electron chi connectivity index (χ3n) is 6.02. The van der Waals surface area contributed by atoms with E-state index in [4.69, 9.17) is 0 Å². The summed E-state index contributed by atoms with van der Waals surface area (Å²) < 4.78 is 1.29. The van der Waals surface area contributed by atoms with Crippen molar-refractivity contribution in [2.45, 2.75) is 20.4 Å². The van der Waals surface area contributed by atoms with Crippen molar-refractivity contribution in [2.75, 3.05) is 32.7 Å². The molecular weight excluding hydrogens is 412 g/mol. The predicted octanol–water partition coefficient (Wildman–Crippen LogP) is 3.38. The Labute approximate surface area is 194 Å². The first-order valence-corrected chi connectivity index (χ1v) is 11.4. The molecule has 1 aliphatic rings. The minimum atomic E-state index is -0.262. The van der Waals surface area contributed by atoms with Crippen molar-refractivity contribution in [1.82, 2.24) is 19.6 Å². The van der Waals surface area contributed by atoms with Crippen molar-refractivity contribution < 1.29 is 4.79 Å². The molecule has 1 fully saturated rings. The highest BCUT2D eigenvalue weighted by molar-refractivity contribution is 5.76. The highest BCUT2D eigenvalue weighted by atomic mass is 16.2. The maximum absolute atomic E-state index is 12.9. The Kier molecular flexibility index (Phi) is 7.15. The van der Waals surface area contributed by atoms with E-state index in [2.05, 4.69) is 46.4 Å². The molecule has 6 nitrogen and oxygen atoms in total. The quantitative estimate of drug-likeness (QED) is 0.587. The van der Waals surface area contributed by atoms with Gasteiger partial charge in [0.1, 0.15) is 6.54 Å². The van der Waals surface area contributed by atoms with Crippen LogP contribution in [-0.2, 0) is 11.3 Å². The molecule has 0 aliphatic carbocycles. The Bertz CT molecular complexity index is 1190. The molecule has 0 N–H and O–H groups in total. The summed E-state index contributed by atoms with van der Waals surface area (Å²) in [5.74, 6) is -0.0674. The van der Waals surface area contributed by atoms with Crippen LogP contribution in [0.3, 0.4) is 0 Å². The number of hydrogen-bond donors (Lipinski definition) is 0. The number of nitrogens with zero attached hydrogens (tertiary/aromatic N) is 4. The van der Waals surface area contributed by atoms with E-state index in [-0.39, 0.29) is 18.0 Å². The molecule has 1 aliphatic heterocycles. The van der Waals surface area contributed by atoms with Gasteiger partial charge in [-0.25, -0.2) is 4.68 Å². The van der Waals surface area contributed by atoms with Crippen molar-refractivity contribution in [1.29, 1.82) is 0 Å². The molecule has 1 aromatic heterocycles. The predicted molar refractivity (Wildman–Crippen MR) is 132 cm³/mol. The van der Waals surface area contributed by atoms with Crippen LogP contribution in [0, 0.1) is 13.8 Å². The van der Waals surface area contributed by atoms with Gasteiger partial charge in [-0.2, -0.15) is 5.10 Å². The lowest BCUT2D eigenvalue weighted by atomic mass is 10.0. The SMILES string of the molecule is Cc1ccc(C)c(-c2ccc(=O)n(CC(=O)N3CCN(C/C=C/c4ccccc4)CC3)n2)c1. The van der Waals surface area contributed by atoms with E-state index in [1.807, 2.05) is 43.0 Å². The second-order valence-electron chi connectivity index (χ2n) is 8.53. The van der Waals surface area contributed by atoms with Crippen LogP contribution < -0.4 is 5.56 Å². The summed E-state index contributed by atoms with van der Waals surface area (Å²) in [6.07, 6.45) is 4.29. The number of aryl methyl sites for hydroxylation is 2. The molecule has 33 heavy (non-hydrogen) atoms. The summed E-state index contributed by atoms with van der Waals surface area (Å²) in [5.41, 5.74) is 4.83. The maximum atomic E-state index is 12.9. The number of carbonyl (C=O) groups is 1. The first-order valence-electron chi connectivity index (χ1n) is 11.4. The third kappa shape index (κ3) is 5.84. The molecule has 0 spiro atoms. The molecule has 0 bridgehead atoms. The summed E-state index contributed by atoms with van der Waals surface area (Å²) in [5, 5.41) is 4.50. The summed E-state index contributed by atoms with van der Waals surface area (Å²) in [4.78, 5) is 29.4. The van der Waals surface area contributed by atoms with Crippen LogP contribution in [0.15, 0.2) is 71.5 Å². The van der Waals surface area contributed by atoms with Crippen molar-refractivity contribution in [3.05, 3.63) is 93.8 Å². The summed E-state index contributed by atoms with van der Waals surface area (Å²) >= 11 is 0. The zero-order valence-electron chi connectivity index (χ0n) is 19.3. The number of amides is 1. The molecule has 170 valence electrons. The molecule has 3 aromatic rings. The molecule has 0 saturated carbocycles. The maximum Gasteiger partial charge on any atom is 0.267 e. The minimum absolute atomic E-state index is 0.0363. The van der Waals surface area contributed by atoms with Gasteiger partial charge in [0.15, 0.2) is 0 Å². The zero-order chi connectivity index (χ0) is 23.2. The average molecular weight is 443 g/mol. The highest BCUT2D eigenvalue weighted by Gasteiger charge is 2.21. The van der Waals surface area contributed by atoms with E-state index >= 15 is 0 Å². The second kappa shape index (κ2) is 10.4. The van der Waals surface area contributed by atoms with E-state index in [9.17, 15) is 9.59 Å². The number of benzene rings is 2. The van der Waals surface area contributed by atoms with Crippen molar-refractivity contribution in [3.8, 4) is 11.3 Å². The van der Waals surface area contributed by atoms with Crippen LogP contribution >= 0.6 is 0 Å². The lowest BCUT2D eigenvalue weighted by Gasteiger charge is -2.34. The van der Waals surface area contributed by atoms with Crippen LogP contribution in [0.2, 0.25) is 0 Å². The Morgan fingerprint density at radius 2 is 1.73 bits per heavy atom. The standard InChI is InChI=1S/C27H30N4O2/c1-21-10-11-22(2)24(19-21)25-12-13-26(32)31(28-25)20-27(33)30-17-15-29(16-18-30)14-6-9-23-7-4-3-5-8-23/h3-13,19H,14-18,20H2,1-2H3/b9-6+. The van der Waals surface area contributed by atoms with Gasteiger partial charge in [0.05, 0.1) is 5.69 Å². The highest BCUT2D eigenvalue weighted by Crippen LogP contribution is 2.21. The summed E-state index contributed by atoms with van der Waals surface area (Å²) in [7, 11) is 0. The normalized spacial score (nSPS) is 14.7. The smallest absolute Gasteiger partial charge is 0.267 e. The van der Waals surface area contributed by atoms with E-state index in [1.54, 1.807) is 6.07 Å². The van der Waals surface area contributed by atoms with Gasteiger partial charge < -0.3 is 4.90 Å². The fourth-order valence-corrected chi connectivity index (χ4v) is 4.03. The van der Waals surface area contributed by atoms with Crippen LogP contribution in [0.25, 0.3) is 17.3 Å². The fraction of sp³-hybridized carbons (Fsp3) is 0.296. The number of hydrogen-bond acceptors (Lipinski definition) is 4. The van der Waals surface area contributed by atoms with Crippen LogP contribution in [0.5, 0.6) is 0 Å². The molecule has 0 unspecified atom stereocenters. The van der Waals surface area contributed by atoms with Crippen molar-refractivity contribution >= 4 is 12.0 Å². The zero-order valence-corrected chi connectivity index (χ0v) is 19.3. The molecule has 6 heteroatoms. The Hall–Kier alpha value is -3.51. The van der Waals surface area contributed by atoms with Gasteiger partial charge in [0.25, 0.3) is 5.56 Å². The molecule has 4 rings (SSSR count). The first kappa shape index (κ1) is 22.7. The Balaban J connectivity index is 1.35. The minimum Gasteiger partial charge on any atom is -0.339 e. The number of carbonyl (C=O) groups excluding carboxylic acids is 1. The summed E-state index contributed by atoms with van der Waals surface area (Å²) in [6.45, 7) is 7.81. The van der Waals surface area contributed by atoms with Gasteiger partial charge in [0.2, 0.25) is 5.91 Å². The molecule has 1 saturated heterocycles. The van der Waals surface area contributed by atoms with Gasteiger partial charge >= 0.3 is 0 Å². The van der Waals surface area contributed by atoms with Crippen LogP contribution in [-0.4, -0.2) is 58.2 Å². The number of rotatable bonds is 6. The number of aromatic nitrogens is 2. The van der Waals surface area contributed by atoms with E-state index in [0.717, 1.165) is 36.3 Å². The topological polar surface area (TPSA) is 58.4 Å². The molecular formula is C27H30N4O2. The Morgan fingerprint density at radius 1 is 0.970 bits per heavy atom. The Morgan fingerprint density at radius 3 is 2.48 bits per heavy atom. The third-order valence-corrected chi connectivity index (χ3v) is 6.02. The summed E-state index contributed by atoms with van der Waals surface area (Å²) in [6, 6.07) is 19.6. The van der Waals surface area contributed by atoms with Gasteiger partial charge in [-0.3, -0.25) is 14.5 Å². The molecule has 2 aromatic carbocycles. The molecule has 0 atom stereocenters. The first-order chi connectivity index (χ1) is 16.0. The average Bonchev–Trinajstić information content (AvgIpc) is 2.83. The van der Waals surface area contributed by atoms with Crippen LogP contribution in [0.4, 0.5) is 0 Å². The molecule has 1 amide bonds. The van der Waals surface area contributed by atoms with Crippen molar-refractivity contribution in [2.24, 2.45) is 0 Å². The fourth-order valence-electron chi connectivity index (χ4n) is 4.03. The van der Waals surface area contributed by atoms with Gasteiger partial charge in [0, 0.05) is 44.4 Å². The largest absolute Gasteiger partial charge is 0.339 e. The van der Waals surface area contributed by atoms with Crippen molar-refractivity contribution in [3.63, 3.8) is 0 Å². The number of piperazine rings is 1. The van der Waals surface area contributed by atoms with Gasteiger partial charge in [-0.15, -0.1) is 0 Å². The van der Waals surface area contributed by atoms with Crippen LogP contribution in [0.1, 0.15) is 16.7 Å². The lowest BCUT2D eigenvalue weighted by molar-refractivity contribution is -0.133. The monoisotopic (exact) mass is 442 g/mol.